The Morgan fingerprint density at radius 2 is 2.18 bits per heavy atom. The van der Waals surface area contributed by atoms with E-state index in [0.717, 1.165) is 6.21 Å². The second-order valence-corrected chi connectivity index (χ2v) is 1.82. The van der Waals surface area contributed by atoms with Crippen molar-refractivity contribution < 1.29 is 9.59 Å². The first kappa shape index (κ1) is 9.35. The molecule has 0 fully saturated rings. The number of amides is 2. The minimum atomic E-state index is -0.629. The summed E-state index contributed by atoms with van der Waals surface area (Å²) in [6.45, 7) is 3.01. The molecule has 0 saturated heterocycles. The van der Waals surface area contributed by atoms with Crippen LogP contribution in [0, 0.1) is 5.41 Å². The van der Waals surface area contributed by atoms with Crippen LogP contribution in [0.25, 0.3) is 0 Å². The summed E-state index contributed by atoms with van der Waals surface area (Å²) in [6.07, 6.45) is 0.802. The number of hydrogen-bond acceptors (Lipinski definition) is 3. The Bertz CT molecular complexity index is 210. The fraction of sp³-hybridized carbons (Fsp3) is 0.167. The normalized spacial score (nSPS) is 8.36. The molecule has 0 radical (unpaired) electrons. The van der Waals surface area contributed by atoms with Gasteiger partial charge in [0.2, 0.25) is 5.91 Å². The quantitative estimate of drug-likeness (QED) is 0.351. The Morgan fingerprint density at radius 3 is 2.55 bits per heavy atom. The van der Waals surface area contributed by atoms with Crippen molar-refractivity contribution in [2.45, 2.75) is 0 Å². The Balaban J connectivity index is 3.79. The summed E-state index contributed by atoms with van der Waals surface area (Å²) in [5, 5.41) is 8.79. The Labute approximate surface area is 63.8 Å². The lowest BCUT2D eigenvalue weighted by Crippen LogP contribution is -2.34. The third kappa shape index (κ3) is 3.85. The SMILES string of the molecule is C=C(C=N)C(=O)NCC(N)=O. The van der Waals surface area contributed by atoms with Gasteiger partial charge in [0.15, 0.2) is 0 Å². The summed E-state index contributed by atoms with van der Waals surface area (Å²) in [4.78, 5) is 20.8. The van der Waals surface area contributed by atoms with Crippen LogP contribution in [0.15, 0.2) is 12.2 Å². The summed E-state index contributed by atoms with van der Waals surface area (Å²) in [5.41, 5.74) is 4.73. The van der Waals surface area contributed by atoms with Crippen molar-refractivity contribution in [3.63, 3.8) is 0 Å². The predicted molar refractivity (Wildman–Crippen MR) is 40.1 cm³/mol. The number of carbonyl (C=O) groups excluding carboxylic acids is 2. The Hall–Kier alpha value is -1.65. The van der Waals surface area contributed by atoms with E-state index in [1.54, 1.807) is 0 Å². The van der Waals surface area contributed by atoms with E-state index < -0.39 is 11.8 Å². The molecule has 0 aliphatic heterocycles. The van der Waals surface area contributed by atoms with Crippen LogP contribution >= 0.6 is 0 Å². The van der Waals surface area contributed by atoms with Crippen molar-refractivity contribution >= 4 is 18.0 Å². The molecule has 5 nitrogen and oxygen atoms in total. The van der Waals surface area contributed by atoms with Crippen LogP contribution in [0.2, 0.25) is 0 Å². The van der Waals surface area contributed by atoms with E-state index in [1.165, 1.54) is 0 Å². The van der Waals surface area contributed by atoms with Gasteiger partial charge < -0.3 is 16.5 Å². The average Bonchev–Trinajstić information content (AvgIpc) is 1.98. The van der Waals surface area contributed by atoms with E-state index in [4.69, 9.17) is 11.1 Å². The third-order valence-electron chi connectivity index (χ3n) is 0.889. The molecule has 4 N–H and O–H groups in total. The number of hydrogen-bond donors (Lipinski definition) is 3. The first-order valence-corrected chi connectivity index (χ1v) is 2.83. The molecule has 0 aliphatic rings. The lowest BCUT2D eigenvalue weighted by atomic mass is 10.3. The maximum atomic E-state index is 10.7. The number of carbonyl (C=O) groups is 2. The highest BCUT2D eigenvalue weighted by atomic mass is 16.2. The highest BCUT2D eigenvalue weighted by molar-refractivity contribution is 6.11. The van der Waals surface area contributed by atoms with Gasteiger partial charge in [-0.05, 0) is 0 Å². The molecule has 0 spiro atoms. The first-order chi connectivity index (χ1) is 5.07. The van der Waals surface area contributed by atoms with Crippen molar-refractivity contribution in [2.24, 2.45) is 5.73 Å². The highest BCUT2D eigenvalue weighted by Crippen LogP contribution is 1.81. The van der Waals surface area contributed by atoms with Gasteiger partial charge in [-0.3, -0.25) is 9.59 Å². The van der Waals surface area contributed by atoms with Crippen LogP contribution in [0.1, 0.15) is 0 Å². The first-order valence-electron chi connectivity index (χ1n) is 2.83. The van der Waals surface area contributed by atoms with Gasteiger partial charge in [-0.1, -0.05) is 6.58 Å². The number of primary amides is 1. The molecule has 5 heteroatoms. The molecule has 0 aromatic carbocycles. The van der Waals surface area contributed by atoms with Crippen molar-refractivity contribution in [3.05, 3.63) is 12.2 Å². The molecule has 0 heterocycles. The average molecular weight is 155 g/mol. The largest absolute Gasteiger partial charge is 0.368 e. The van der Waals surface area contributed by atoms with Crippen molar-refractivity contribution in [1.29, 1.82) is 5.41 Å². The topological polar surface area (TPSA) is 96.0 Å². The molecular formula is C6H9N3O2. The molecule has 0 bridgehead atoms. The van der Waals surface area contributed by atoms with E-state index >= 15 is 0 Å². The van der Waals surface area contributed by atoms with Gasteiger partial charge in [-0.25, -0.2) is 0 Å². The summed E-state index contributed by atoms with van der Waals surface area (Å²) >= 11 is 0. The van der Waals surface area contributed by atoms with E-state index in [9.17, 15) is 9.59 Å². The molecule has 0 aromatic rings. The number of nitrogens with two attached hydrogens (primary N) is 1. The highest BCUT2D eigenvalue weighted by Gasteiger charge is 2.03. The standard InChI is InChI=1S/C6H9N3O2/c1-4(2-7)6(11)9-3-5(8)10/h2,7H,1,3H2,(H2,8,10)(H,9,11). The fourth-order valence-electron chi connectivity index (χ4n) is 0.346. The monoisotopic (exact) mass is 155 g/mol. The van der Waals surface area contributed by atoms with E-state index in [2.05, 4.69) is 11.9 Å². The minimum absolute atomic E-state index is 0.00810. The number of rotatable bonds is 4. The van der Waals surface area contributed by atoms with Gasteiger partial charge in [0.1, 0.15) is 0 Å². The maximum Gasteiger partial charge on any atom is 0.252 e. The second-order valence-electron chi connectivity index (χ2n) is 1.82. The molecule has 0 aliphatic carbocycles. The van der Waals surface area contributed by atoms with Crippen molar-refractivity contribution in [1.82, 2.24) is 5.32 Å². The number of nitrogens with one attached hydrogen (secondary N) is 2. The molecule has 0 unspecified atom stereocenters. The zero-order valence-electron chi connectivity index (χ0n) is 5.89. The third-order valence-corrected chi connectivity index (χ3v) is 0.889. The predicted octanol–water partition coefficient (Wildman–Crippen LogP) is -1.21. The van der Waals surface area contributed by atoms with Crippen LogP contribution in [0.4, 0.5) is 0 Å². The van der Waals surface area contributed by atoms with Crippen LogP contribution in [-0.4, -0.2) is 24.6 Å². The van der Waals surface area contributed by atoms with Gasteiger partial charge in [0.25, 0.3) is 5.91 Å². The summed E-state index contributed by atoms with van der Waals surface area (Å²) in [5.74, 6) is -1.19. The lowest BCUT2D eigenvalue weighted by Gasteiger charge is -1.99. The zero-order chi connectivity index (χ0) is 8.85. The maximum absolute atomic E-state index is 10.7. The summed E-state index contributed by atoms with van der Waals surface area (Å²) in [6, 6.07) is 0. The second kappa shape index (κ2) is 4.21. The van der Waals surface area contributed by atoms with Crippen molar-refractivity contribution in [3.8, 4) is 0 Å². The molecule has 2 amide bonds. The molecule has 0 rings (SSSR count). The molecule has 0 atom stereocenters. The molecule has 0 aromatic heterocycles. The van der Waals surface area contributed by atoms with E-state index in [-0.39, 0.29) is 12.1 Å². The summed E-state index contributed by atoms with van der Waals surface area (Å²) < 4.78 is 0. The van der Waals surface area contributed by atoms with Gasteiger partial charge in [0, 0.05) is 11.8 Å². The van der Waals surface area contributed by atoms with Crippen LogP contribution in [0.5, 0.6) is 0 Å². The summed E-state index contributed by atoms with van der Waals surface area (Å²) in [7, 11) is 0. The molecular weight excluding hydrogens is 146 g/mol. The molecule has 60 valence electrons. The minimum Gasteiger partial charge on any atom is -0.368 e. The van der Waals surface area contributed by atoms with Gasteiger partial charge in [0.05, 0.1) is 6.54 Å². The Morgan fingerprint density at radius 1 is 1.64 bits per heavy atom. The van der Waals surface area contributed by atoms with Crippen LogP contribution < -0.4 is 11.1 Å². The smallest absolute Gasteiger partial charge is 0.252 e. The van der Waals surface area contributed by atoms with Crippen LogP contribution in [0.3, 0.4) is 0 Å². The van der Waals surface area contributed by atoms with Gasteiger partial charge in [-0.2, -0.15) is 0 Å². The molecule has 0 saturated carbocycles. The van der Waals surface area contributed by atoms with Gasteiger partial charge in [-0.15, -0.1) is 0 Å². The molecule has 11 heavy (non-hydrogen) atoms. The van der Waals surface area contributed by atoms with Gasteiger partial charge >= 0.3 is 0 Å². The van der Waals surface area contributed by atoms with Crippen molar-refractivity contribution in [2.75, 3.05) is 6.54 Å². The van der Waals surface area contributed by atoms with Crippen LogP contribution in [-0.2, 0) is 9.59 Å². The lowest BCUT2D eigenvalue weighted by molar-refractivity contribution is -0.122. The fourth-order valence-corrected chi connectivity index (χ4v) is 0.346. The van der Waals surface area contributed by atoms with E-state index in [1.807, 2.05) is 0 Å². The zero-order valence-corrected chi connectivity index (χ0v) is 5.89. The van der Waals surface area contributed by atoms with E-state index in [0.29, 0.717) is 0 Å². The Kier molecular flexibility index (Phi) is 3.58.